The van der Waals surface area contributed by atoms with Crippen LogP contribution in [0.25, 0.3) is 16.3 Å². The first-order valence-electron chi connectivity index (χ1n) is 7.37. The molecule has 0 aliphatic carbocycles. The second kappa shape index (κ2) is 6.29. The zero-order valence-electron chi connectivity index (χ0n) is 12.9. The number of rotatable bonds is 5. The van der Waals surface area contributed by atoms with E-state index in [-0.39, 0.29) is 0 Å². The Bertz CT molecular complexity index is 965. The smallest absolute Gasteiger partial charge is 0.235 e. The van der Waals surface area contributed by atoms with Crippen molar-refractivity contribution in [3.05, 3.63) is 59.6 Å². The number of ether oxygens (including phenoxy) is 2. The maximum Gasteiger partial charge on any atom is 0.235 e. The lowest BCUT2D eigenvalue weighted by Crippen LogP contribution is -1.97. The van der Waals surface area contributed by atoms with Crippen LogP contribution < -0.4 is 9.47 Å². The number of hydrogen-bond acceptors (Lipinski definition) is 6. The third-order valence-corrected chi connectivity index (χ3v) is 4.34. The Labute approximate surface area is 142 Å². The Morgan fingerprint density at radius 1 is 1.00 bits per heavy atom. The second-order valence-electron chi connectivity index (χ2n) is 5.05. The van der Waals surface area contributed by atoms with Gasteiger partial charge >= 0.3 is 0 Å². The summed E-state index contributed by atoms with van der Waals surface area (Å²) in [7, 11) is 1.64. The van der Waals surface area contributed by atoms with Crippen molar-refractivity contribution in [2.45, 2.75) is 6.61 Å². The third kappa shape index (κ3) is 2.81. The van der Waals surface area contributed by atoms with Crippen molar-refractivity contribution in [1.29, 1.82) is 0 Å². The zero-order chi connectivity index (χ0) is 16.4. The van der Waals surface area contributed by atoms with Gasteiger partial charge in [-0.2, -0.15) is 9.61 Å². The lowest BCUT2D eigenvalue weighted by molar-refractivity contribution is 0.304. The van der Waals surface area contributed by atoms with Crippen LogP contribution in [0, 0.1) is 0 Å². The van der Waals surface area contributed by atoms with Gasteiger partial charge in [0.05, 0.1) is 7.11 Å². The molecule has 2 heterocycles. The van der Waals surface area contributed by atoms with Crippen molar-refractivity contribution in [3.8, 4) is 22.9 Å². The van der Waals surface area contributed by atoms with Crippen molar-refractivity contribution in [1.82, 2.24) is 19.8 Å². The van der Waals surface area contributed by atoms with E-state index in [1.165, 1.54) is 11.3 Å². The van der Waals surface area contributed by atoms with Crippen LogP contribution in [0.2, 0.25) is 0 Å². The average Bonchev–Trinajstić information content (AvgIpc) is 3.21. The van der Waals surface area contributed by atoms with Gasteiger partial charge in [-0.3, -0.25) is 0 Å². The summed E-state index contributed by atoms with van der Waals surface area (Å²) in [6.07, 6.45) is 0. The number of aromatic nitrogens is 4. The van der Waals surface area contributed by atoms with Gasteiger partial charge in [-0.15, -0.1) is 10.2 Å². The van der Waals surface area contributed by atoms with E-state index in [0.717, 1.165) is 27.0 Å². The fourth-order valence-corrected chi connectivity index (χ4v) is 3.07. The zero-order valence-corrected chi connectivity index (χ0v) is 13.7. The molecule has 6 nitrogen and oxygen atoms in total. The molecular formula is C17H14N4O2S. The monoisotopic (exact) mass is 338 g/mol. The van der Waals surface area contributed by atoms with Crippen molar-refractivity contribution >= 4 is 16.3 Å². The van der Waals surface area contributed by atoms with E-state index in [1.807, 2.05) is 54.6 Å². The molecule has 0 unspecified atom stereocenters. The standard InChI is InChI=1S/C17H14N4O2S/c1-22-14-9-5-6-12(10-14)16-18-19-17-21(16)20-15(24-17)11-23-13-7-3-2-4-8-13/h2-10H,11H2,1H3. The summed E-state index contributed by atoms with van der Waals surface area (Å²) in [5.74, 6) is 2.27. The molecular weight excluding hydrogens is 324 g/mol. The first-order valence-corrected chi connectivity index (χ1v) is 8.18. The van der Waals surface area contributed by atoms with E-state index in [2.05, 4.69) is 15.3 Å². The number of methoxy groups -OCH3 is 1. The van der Waals surface area contributed by atoms with Gasteiger partial charge in [0.25, 0.3) is 0 Å². The van der Waals surface area contributed by atoms with Crippen LogP contribution in [0.15, 0.2) is 54.6 Å². The summed E-state index contributed by atoms with van der Waals surface area (Å²) >= 11 is 1.46. The van der Waals surface area contributed by atoms with Gasteiger partial charge in [-0.1, -0.05) is 41.7 Å². The van der Waals surface area contributed by atoms with Gasteiger partial charge in [0.1, 0.15) is 18.1 Å². The minimum atomic E-state index is 0.398. The maximum absolute atomic E-state index is 5.74. The number of hydrogen-bond donors (Lipinski definition) is 0. The maximum atomic E-state index is 5.74. The lowest BCUT2D eigenvalue weighted by atomic mass is 10.2. The van der Waals surface area contributed by atoms with Crippen LogP contribution in [0.3, 0.4) is 0 Å². The molecule has 7 heteroatoms. The molecule has 0 aliphatic heterocycles. The molecule has 0 spiro atoms. The van der Waals surface area contributed by atoms with Crippen LogP contribution in [0.4, 0.5) is 0 Å². The molecule has 0 amide bonds. The molecule has 0 saturated heterocycles. The molecule has 0 saturated carbocycles. The molecule has 4 rings (SSSR count). The molecule has 0 aliphatic rings. The predicted octanol–water partition coefficient (Wildman–Crippen LogP) is 3.44. The molecule has 120 valence electrons. The SMILES string of the molecule is COc1cccc(-c2nnc3sc(COc4ccccc4)nn23)c1. The van der Waals surface area contributed by atoms with Gasteiger partial charge in [-0.05, 0) is 24.3 Å². The van der Waals surface area contributed by atoms with Crippen molar-refractivity contribution in [2.75, 3.05) is 7.11 Å². The Morgan fingerprint density at radius 3 is 2.67 bits per heavy atom. The minimum absolute atomic E-state index is 0.398. The average molecular weight is 338 g/mol. The topological polar surface area (TPSA) is 61.5 Å². The van der Waals surface area contributed by atoms with Gasteiger partial charge in [0, 0.05) is 5.56 Å². The van der Waals surface area contributed by atoms with E-state index in [4.69, 9.17) is 9.47 Å². The van der Waals surface area contributed by atoms with Gasteiger partial charge in [-0.25, -0.2) is 0 Å². The summed E-state index contributed by atoms with van der Waals surface area (Å²) in [6.45, 7) is 0.398. The molecule has 0 N–H and O–H groups in total. The largest absolute Gasteiger partial charge is 0.497 e. The number of nitrogens with zero attached hydrogens (tertiary/aromatic N) is 4. The summed E-state index contributed by atoms with van der Waals surface area (Å²) in [4.78, 5) is 0.736. The second-order valence-corrected chi connectivity index (χ2v) is 6.09. The van der Waals surface area contributed by atoms with Gasteiger partial charge in [0.15, 0.2) is 10.8 Å². The molecule has 0 bridgehead atoms. The highest BCUT2D eigenvalue weighted by molar-refractivity contribution is 7.16. The molecule has 24 heavy (non-hydrogen) atoms. The normalized spacial score (nSPS) is 10.9. The number of para-hydroxylation sites is 1. The van der Waals surface area contributed by atoms with E-state index < -0.39 is 0 Å². The fourth-order valence-electron chi connectivity index (χ4n) is 2.32. The molecule has 0 fully saturated rings. The van der Waals surface area contributed by atoms with Crippen LogP contribution >= 0.6 is 11.3 Å². The van der Waals surface area contributed by atoms with Crippen molar-refractivity contribution in [2.24, 2.45) is 0 Å². The highest BCUT2D eigenvalue weighted by Crippen LogP contribution is 2.25. The summed E-state index contributed by atoms with van der Waals surface area (Å²) in [5.41, 5.74) is 0.905. The summed E-state index contributed by atoms with van der Waals surface area (Å²) < 4.78 is 12.7. The summed E-state index contributed by atoms with van der Waals surface area (Å²) in [6, 6.07) is 17.3. The predicted molar refractivity (Wildman–Crippen MR) is 91.4 cm³/mol. The number of fused-ring (bicyclic) bond motifs is 1. The van der Waals surface area contributed by atoms with Crippen LogP contribution in [0.5, 0.6) is 11.5 Å². The van der Waals surface area contributed by atoms with Crippen LogP contribution in [-0.2, 0) is 6.61 Å². The van der Waals surface area contributed by atoms with Gasteiger partial charge < -0.3 is 9.47 Å². The van der Waals surface area contributed by atoms with E-state index in [9.17, 15) is 0 Å². The fraction of sp³-hybridized carbons (Fsp3) is 0.118. The summed E-state index contributed by atoms with van der Waals surface area (Å²) in [5, 5.41) is 13.8. The van der Waals surface area contributed by atoms with Crippen LogP contribution in [-0.4, -0.2) is 26.9 Å². The molecule has 4 aromatic rings. The number of benzene rings is 2. The Hall–Kier alpha value is -2.93. The quantitative estimate of drug-likeness (QED) is 0.558. The first-order chi connectivity index (χ1) is 11.8. The van der Waals surface area contributed by atoms with Crippen molar-refractivity contribution < 1.29 is 9.47 Å². The van der Waals surface area contributed by atoms with E-state index in [0.29, 0.717) is 12.4 Å². The Morgan fingerprint density at radius 2 is 1.83 bits per heavy atom. The van der Waals surface area contributed by atoms with Crippen molar-refractivity contribution in [3.63, 3.8) is 0 Å². The van der Waals surface area contributed by atoms with Crippen LogP contribution in [0.1, 0.15) is 5.01 Å². The first kappa shape index (κ1) is 14.6. The highest BCUT2D eigenvalue weighted by Gasteiger charge is 2.14. The molecule has 2 aromatic carbocycles. The molecule has 0 radical (unpaired) electrons. The third-order valence-electron chi connectivity index (χ3n) is 3.47. The Balaban J connectivity index is 1.61. The minimum Gasteiger partial charge on any atom is -0.497 e. The van der Waals surface area contributed by atoms with E-state index >= 15 is 0 Å². The molecule has 2 aromatic heterocycles. The molecule has 0 atom stereocenters. The highest BCUT2D eigenvalue weighted by atomic mass is 32.1. The van der Waals surface area contributed by atoms with E-state index in [1.54, 1.807) is 11.6 Å². The Kier molecular flexibility index (Phi) is 3.84. The lowest BCUT2D eigenvalue weighted by Gasteiger charge is -2.02. The van der Waals surface area contributed by atoms with Gasteiger partial charge in [0.2, 0.25) is 4.96 Å².